The van der Waals surface area contributed by atoms with E-state index in [0.29, 0.717) is 11.2 Å². The molecule has 2 rings (SSSR count). The van der Waals surface area contributed by atoms with Crippen LogP contribution in [0.15, 0.2) is 0 Å². The first-order valence-corrected chi connectivity index (χ1v) is 5.76. The quantitative estimate of drug-likeness (QED) is 0.818. The predicted octanol–water partition coefficient (Wildman–Crippen LogP) is 1.35. The molecule has 0 spiro atoms. The van der Waals surface area contributed by atoms with Crippen LogP contribution in [0.2, 0.25) is 0 Å². The molecule has 14 heavy (non-hydrogen) atoms. The summed E-state index contributed by atoms with van der Waals surface area (Å²) in [5.41, 5.74) is 5.53. The van der Waals surface area contributed by atoms with Crippen LogP contribution in [-0.2, 0) is 6.54 Å². The largest absolute Gasteiger partial charge is 0.374 e. The van der Waals surface area contributed by atoms with Crippen LogP contribution in [0.25, 0.3) is 0 Å². The molecule has 2 N–H and O–H groups in total. The van der Waals surface area contributed by atoms with E-state index in [1.165, 1.54) is 24.2 Å². The van der Waals surface area contributed by atoms with Crippen LogP contribution in [0.5, 0.6) is 0 Å². The number of nitrogens with zero attached hydrogens (tertiary/aromatic N) is 3. The van der Waals surface area contributed by atoms with E-state index in [-0.39, 0.29) is 0 Å². The fourth-order valence-electron chi connectivity index (χ4n) is 1.63. The average Bonchev–Trinajstić information content (AvgIpc) is 2.91. The van der Waals surface area contributed by atoms with Crippen molar-refractivity contribution in [1.82, 2.24) is 15.1 Å². The Labute approximate surface area is 88.1 Å². The summed E-state index contributed by atoms with van der Waals surface area (Å²) in [6.07, 6.45) is 2.76. The molecule has 1 fully saturated rings. The normalized spacial score (nSPS) is 18.8. The Morgan fingerprint density at radius 2 is 2.29 bits per heavy atom. The van der Waals surface area contributed by atoms with Gasteiger partial charge in [0, 0.05) is 6.04 Å². The van der Waals surface area contributed by atoms with Crippen LogP contribution in [0.3, 0.4) is 0 Å². The van der Waals surface area contributed by atoms with Crippen molar-refractivity contribution in [1.29, 1.82) is 0 Å². The third kappa shape index (κ3) is 2.22. The van der Waals surface area contributed by atoms with Gasteiger partial charge in [0.2, 0.25) is 5.13 Å². The van der Waals surface area contributed by atoms with E-state index in [0.717, 1.165) is 17.5 Å². The van der Waals surface area contributed by atoms with Crippen LogP contribution in [0.1, 0.15) is 24.8 Å². The molecule has 5 heteroatoms. The number of aromatic nitrogens is 2. The zero-order valence-corrected chi connectivity index (χ0v) is 9.42. The highest BCUT2D eigenvalue weighted by molar-refractivity contribution is 7.15. The van der Waals surface area contributed by atoms with Gasteiger partial charge in [-0.25, -0.2) is 0 Å². The number of hydrogen-bond donors (Lipinski definition) is 1. The number of rotatable bonds is 4. The highest BCUT2D eigenvalue weighted by Crippen LogP contribution is 2.35. The molecule has 0 aliphatic heterocycles. The molecule has 1 aromatic rings. The molecule has 1 aliphatic carbocycles. The maximum Gasteiger partial charge on any atom is 0.203 e. The third-order valence-electron chi connectivity index (χ3n) is 2.87. The van der Waals surface area contributed by atoms with Gasteiger partial charge in [0.1, 0.15) is 5.01 Å². The summed E-state index contributed by atoms with van der Waals surface area (Å²) in [5.74, 6) is 0.894. The molecule has 4 nitrogen and oxygen atoms in total. The van der Waals surface area contributed by atoms with Gasteiger partial charge in [0.25, 0.3) is 0 Å². The number of nitrogens with two attached hydrogens (primary N) is 1. The Bertz CT molecular complexity index is 308. The van der Waals surface area contributed by atoms with Crippen molar-refractivity contribution in [3.63, 3.8) is 0 Å². The molecule has 1 unspecified atom stereocenters. The summed E-state index contributed by atoms with van der Waals surface area (Å²) in [4.78, 5) is 2.33. The predicted molar refractivity (Wildman–Crippen MR) is 58.0 cm³/mol. The second-order valence-electron chi connectivity index (χ2n) is 4.03. The molecular weight excluding hydrogens is 196 g/mol. The molecule has 1 aromatic heterocycles. The van der Waals surface area contributed by atoms with Gasteiger partial charge in [-0.05, 0) is 32.7 Å². The Hall–Kier alpha value is -0.680. The molecule has 0 bridgehead atoms. The second-order valence-corrected chi connectivity index (χ2v) is 5.12. The molecule has 0 amide bonds. The van der Waals surface area contributed by atoms with Crippen molar-refractivity contribution >= 4 is 16.5 Å². The summed E-state index contributed by atoms with van der Waals surface area (Å²) in [5, 5.41) is 9.40. The van der Waals surface area contributed by atoms with Gasteiger partial charge in [-0.2, -0.15) is 0 Å². The fourth-order valence-corrected chi connectivity index (χ4v) is 2.30. The van der Waals surface area contributed by atoms with E-state index in [1.807, 2.05) is 0 Å². The van der Waals surface area contributed by atoms with Crippen LogP contribution in [0, 0.1) is 5.92 Å². The molecule has 1 atom stereocenters. The van der Waals surface area contributed by atoms with Crippen molar-refractivity contribution in [3.8, 4) is 0 Å². The number of hydrogen-bond acceptors (Lipinski definition) is 5. The van der Waals surface area contributed by atoms with Gasteiger partial charge in [0.05, 0.1) is 6.54 Å². The van der Waals surface area contributed by atoms with Gasteiger partial charge < -0.3 is 5.73 Å². The minimum atomic E-state index is 0.562. The lowest BCUT2D eigenvalue weighted by Crippen LogP contribution is -2.30. The maximum atomic E-state index is 5.53. The molecule has 1 heterocycles. The molecular formula is C9H16N4S. The summed E-state index contributed by atoms with van der Waals surface area (Å²) in [6.45, 7) is 3.15. The van der Waals surface area contributed by atoms with Gasteiger partial charge in [-0.15, -0.1) is 10.2 Å². The first kappa shape index (κ1) is 9.86. The molecule has 1 saturated carbocycles. The minimum absolute atomic E-state index is 0.562. The van der Waals surface area contributed by atoms with Crippen LogP contribution in [0.4, 0.5) is 5.13 Å². The topological polar surface area (TPSA) is 55.0 Å². The number of anilines is 1. The fraction of sp³-hybridized carbons (Fsp3) is 0.778. The zero-order chi connectivity index (χ0) is 10.1. The highest BCUT2D eigenvalue weighted by Gasteiger charge is 2.30. The van der Waals surface area contributed by atoms with Crippen molar-refractivity contribution in [2.75, 3.05) is 12.8 Å². The summed E-state index contributed by atoms with van der Waals surface area (Å²) in [6, 6.07) is 0.653. The molecule has 1 aliphatic rings. The van der Waals surface area contributed by atoms with Gasteiger partial charge in [0.15, 0.2) is 0 Å². The lowest BCUT2D eigenvalue weighted by Gasteiger charge is -2.22. The number of nitrogen functional groups attached to an aromatic ring is 1. The molecule has 0 aromatic carbocycles. The van der Waals surface area contributed by atoms with E-state index in [4.69, 9.17) is 5.73 Å². The SMILES string of the molecule is CC(C1CC1)N(C)Cc1nnc(N)s1. The first-order valence-electron chi connectivity index (χ1n) is 4.95. The highest BCUT2D eigenvalue weighted by atomic mass is 32.1. The van der Waals surface area contributed by atoms with Crippen molar-refractivity contribution in [2.45, 2.75) is 32.4 Å². The monoisotopic (exact) mass is 212 g/mol. The zero-order valence-electron chi connectivity index (χ0n) is 8.60. The molecule has 0 saturated heterocycles. The Balaban J connectivity index is 1.89. The molecule has 0 radical (unpaired) electrons. The second kappa shape index (κ2) is 3.82. The van der Waals surface area contributed by atoms with E-state index in [2.05, 4.69) is 29.1 Å². The van der Waals surface area contributed by atoms with Crippen molar-refractivity contribution < 1.29 is 0 Å². The van der Waals surface area contributed by atoms with Crippen LogP contribution in [-0.4, -0.2) is 28.2 Å². The van der Waals surface area contributed by atoms with E-state index in [9.17, 15) is 0 Å². The molecule has 78 valence electrons. The van der Waals surface area contributed by atoms with Crippen LogP contribution < -0.4 is 5.73 Å². The van der Waals surface area contributed by atoms with Crippen LogP contribution >= 0.6 is 11.3 Å². The van der Waals surface area contributed by atoms with E-state index < -0.39 is 0 Å². The minimum Gasteiger partial charge on any atom is -0.374 e. The Morgan fingerprint density at radius 1 is 1.57 bits per heavy atom. The van der Waals surface area contributed by atoms with Gasteiger partial charge >= 0.3 is 0 Å². The lowest BCUT2D eigenvalue weighted by molar-refractivity contribution is 0.226. The smallest absolute Gasteiger partial charge is 0.203 e. The van der Waals surface area contributed by atoms with Gasteiger partial charge in [-0.3, -0.25) is 4.90 Å². The van der Waals surface area contributed by atoms with Crippen molar-refractivity contribution in [3.05, 3.63) is 5.01 Å². The van der Waals surface area contributed by atoms with E-state index in [1.54, 1.807) is 0 Å². The Kier molecular flexibility index (Phi) is 2.69. The van der Waals surface area contributed by atoms with Crippen molar-refractivity contribution in [2.24, 2.45) is 5.92 Å². The van der Waals surface area contributed by atoms with Gasteiger partial charge in [-0.1, -0.05) is 11.3 Å². The first-order chi connectivity index (χ1) is 6.66. The summed E-state index contributed by atoms with van der Waals surface area (Å²) >= 11 is 1.48. The third-order valence-corrected chi connectivity index (χ3v) is 3.60. The average molecular weight is 212 g/mol. The maximum absolute atomic E-state index is 5.53. The Morgan fingerprint density at radius 3 is 2.79 bits per heavy atom. The summed E-state index contributed by atoms with van der Waals surface area (Å²) < 4.78 is 0. The summed E-state index contributed by atoms with van der Waals surface area (Å²) in [7, 11) is 2.14. The van der Waals surface area contributed by atoms with E-state index >= 15 is 0 Å². The lowest BCUT2D eigenvalue weighted by atomic mass is 10.2. The standard InChI is InChI=1S/C9H16N4S/c1-6(7-3-4-7)13(2)5-8-11-12-9(10)14-8/h6-7H,3-5H2,1-2H3,(H2,10,12).